The zero-order chi connectivity index (χ0) is 21.3. The molecular weight excluding hydrogens is 380 g/mol. The van der Waals surface area contributed by atoms with E-state index in [1.165, 1.54) is 11.8 Å². The number of rotatable bonds is 9. The van der Waals surface area contributed by atoms with Crippen LogP contribution in [0.2, 0.25) is 0 Å². The third kappa shape index (κ3) is 7.94. The van der Waals surface area contributed by atoms with Crippen molar-refractivity contribution in [1.29, 1.82) is 0 Å². The van der Waals surface area contributed by atoms with Crippen molar-refractivity contribution < 1.29 is 9.59 Å². The summed E-state index contributed by atoms with van der Waals surface area (Å²) < 4.78 is 0. The fourth-order valence-electron chi connectivity index (χ4n) is 3.09. The van der Waals surface area contributed by atoms with Gasteiger partial charge in [-0.3, -0.25) is 9.59 Å². The van der Waals surface area contributed by atoms with Gasteiger partial charge in [-0.1, -0.05) is 55.5 Å². The van der Waals surface area contributed by atoms with E-state index in [-0.39, 0.29) is 17.4 Å². The first-order valence-corrected chi connectivity index (χ1v) is 11.1. The second-order valence-corrected chi connectivity index (χ2v) is 9.14. The van der Waals surface area contributed by atoms with E-state index >= 15 is 0 Å². The van der Waals surface area contributed by atoms with Crippen LogP contribution in [0.15, 0.2) is 65.6 Å². The van der Waals surface area contributed by atoms with Crippen LogP contribution in [0.3, 0.4) is 0 Å². The van der Waals surface area contributed by atoms with E-state index in [4.69, 9.17) is 0 Å². The summed E-state index contributed by atoms with van der Waals surface area (Å²) in [5.74, 6) is 0.217. The first kappa shape index (κ1) is 23.0. The molecule has 1 N–H and O–H groups in total. The van der Waals surface area contributed by atoms with Crippen LogP contribution < -0.4 is 5.32 Å². The molecule has 2 aromatic rings. The van der Waals surface area contributed by atoms with E-state index in [0.29, 0.717) is 18.7 Å². The van der Waals surface area contributed by atoms with Crippen molar-refractivity contribution in [2.75, 3.05) is 12.3 Å². The highest BCUT2D eigenvalue weighted by molar-refractivity contribution is 8.00. The number of hydrogen-bond acceptors (Lipinski definition) is 3. The Morgan fingerprint density at radius 1 is 1.00 bits per heavy atom. The van der Waals surface area contributed by atoms with Crippen LogP contribution in [-0.4, -0.2) is 40.6 Å². The molecule has 0 aromatic heterocycles. The molecule has 0 aliphatic carbocycles. The van der Waals surface area contributed by atoms with Gasteiger partial charge in [-0.05, 0) is 51.3 Å². The van der Waals surface area contributed by atoms with Crippen LogP contribution in [-0.2, 0) is 16.0 Å². The van der Waals surface area contributed by atoms with E-state index in [0.717, 1.165) is 16.9 Å². The summed E-state index contributed by atoms with van der Waals surface area (Å²) in [6, 6.07) is 19.5. The highest BCUT2D eigenvalue weighted by atomic mass is 32.2. The molecule has 2 aromatic carbocycles. The van der Waals surface area contributed by atoms with E-state index in [1.807, 2.05) is 76.2 Å². The number of carbonyl (C=O) groups excluding carboxylic acids is 2. The number of benzene rings is 2. The summed E-state index contributed by atoms with van der Waals surface area (Å²) in [6.07, 6.45) is 1.31. The molecular formula is C24H32N2O2S. The van der Waals surface area contributed by atoms with Gasteiger partial charge < -0.3 is 10.2 Å². The lowest BCUT2D eigenvalue weighted by molar-refractivity contribution is -0.139. The van der Waals surface area contributed by atoms with E-state index in [9.17, 15) is 9.59 Å². The monoisotopic (exact) mass is 412 g/mol. The number of nitrogens with zero attached hydrogens (tertiary/aromatic N) is 1. The number of carbonyl (C=O) groups is 2. The zero-order valence-electron chi connectivity index (χ0n) is 17.9. The first-order valence-electron chi connectivity index (χ1n) is 10.1. The molecule has 5 heteroatoms. The highest BCUT2D eigenvalue weighted by Crippen LogP contribution is 2.19. The Morgan fingerprint density at radius 3 is 2.14 bits per heavy atom. The molecule has 0 aliphatic heterocycles. The lowest BCUT2D eigenvalue weighted by Crippen LogP contribution is -2.54. The van der Waals surface area contributed by atoms with Crippen molar-refractivity contribution >= 4 is 23.6 Å². The van der Waals surface area contributed by atoms with Crippen LogP contribution >= 0.6 is 11.8 Å². The van der Waals surface area contributed by atoms with Gasteiger partial charge in [0.1, 0.15) is 6.04 Å². The average molecular weight is 413 g/mol. The minimum absolute atomic E-state index is 0.00862. The minimum Gasteiger partial charge on any atom is -0.350 e. The third-order valence-electron chi connectivity index (χ3n) is 4.47. The van der Waals surface area contributed by atoms with E-state index in [1.54, 1.807) is 4.90 Å². The summed E-state index contributed by atoms with van der Waals surface area (Å²) in [5.41, 5.74) is 0.823. The van der Waals surface area contributed by atoms with Crippen molar-refractivity contribution in [3.05, 3.63) is 66.2 Å². The number of hydrogen-bond donors (Lipinski definition) is 1. The standard InChI is InChI=1S/C24H32N2O2S/c1-5-21(23(28)25-24(2,3)4)26(17-16-19-12-8-6-9-13-19)22(27)18-29-20-14-10-7-11-15-20/h6-15,21H,5,16-18H2,1-4H3,(H,25,28). The van der Waals surface area contributed by atoms with Gasteiger partial charge >= 0.3 is 0 Å². The van der Waals surface area contributed by atoms with Gasteiger partial charge in [0.25, 0.3) is 0 Å². The van der Waals surface area contributed by atoms with Gasteiger partial charge in [0.2, 0.25) is 11.8 Å². The second-order valence-electron chi connectivity index (χ2n) is 8.09. The van der Waals surface area contributed by atoms with Crippen LogP contribution in [0, 0.1) is 0 Å². The van der Waals surface area contributed by atoms with E-state index in [2.05, 4.69) is 17.4 Å². The topological polar surface area (TPSA) is 49.4 Å². The Morgan fingerprint density at radius 2 is 1.59 bits per heavy atom. The molecule has 0 spiro atoms. The van der Waals surface area contributed by atoms with Crippen molar-refractivity contribution in [3.63, 3.8) is 0 Å². The number of amides is 2. The third-order valence-corrected chi connectivity index (χ3v) is 5.47. The molecule has 2 rings (SSSR count). The van der Waals surface area contributed by atoms with Gasteiger partial charge in [-0.2, -0.15) is 0 Å². The quantitative estimate of drug-likeness (QED) is 0.615. The summed E-state index contributed by atoms with van der Waals surface area (Å²) in [4.78, 5) is 28.8. The average Bonchev–Trinajstić information content (AvgIpc) is 2.69. The molecule has 0 heterocycles. The first-order chi connectivity index (χ1) is 13.8. The molecule has 0 radical (unpaired) electrons. The van der Waals surface area contributed by atoms with Crippen molar-refractivity contribution in [2.45, 2.75) is 57.0 Å². The summed E-state index contributed by atoms with van der Waals surface area (Å²) >= 11 is 1.51. The lowest BCUT2D eigenvalue weighted by atomic mass is 10.1. The van der Waals surface area contributed by atoms with Crippen LogP contribution in [0.1, 0.15) is 39.7 Å². The second kappa shape index (κ2) is 11.1. The molecule has 0 fully saturated rings. The van der Waals surface area contributed by atoms with Gasteiger partial charge in [-0.15, -0.1) is 11.8 Å². The van der Waals surface area contributed by atoms with Crippen molar-refractivity contribution in [1.82, 2.24) is 10.2 Å². The van der Waals surface area contributed by atoms with Gasteiger partial charge in [-0.25, -0.2) is 0 Å². The van der Waals surface area contributed by atoms with Gasteiger partial charge in [0, 0.05) is 17.0 Å². The van der Waals surface area contributed by atoms with Crippen LogP contribution in [0.25, 0.3) is 0 Å². The maximum absolute atomic E-state index is 13.1. The molecule has 1 unspecified atom stereocenters. The smallest absolute Gasteiger partial charge is 0.243 e. The Bertz CT molecular complexity index is 772. The summed E-state index contributed by atoms with van der Waals surface area (Å²) in [7, 11) is 0. The molecule has 0 saturated carbocycles. The van der Waals surface area contributed by atoms with Crippen LogP contribution in [0.5, 0.6) is 0 Å². The fourth-order valence-corrected chi connectivity index (χ4v) is 3.90. The lowest BCUT2D eigenvalue weighted by Gasteiger charge is -2.33. The maximum atomic E-state index is 13.1. The van der Waals surface area contributed by atoms with Crippen molar-refractivity contribution in [2.24, 2.45) is 0 Å². The molecule has 0 aliphatic rings. The van der Waals surface area contributed by atoms with Crippen molar-refractivity contribution in [3.8, 4) is 0 Å². The molecule has 156 valence electrons. The molecule has 2 amide bonds. The SMILES string of the molecule is CCC(C(=O)NC(C)(C)C)N(CCc1ccccc1)C(=O)CSc1ccccc1. The largest absolute Gasteiger partial charge is 0.350 e. The minimum atomic E-state index is -0.471. The molecule has 0 saturated heterocycles. The fraction of sp³-hybridized carbons (Fsp3) is 0.417. The molecule has 29 heavy (non-hydrogen) atoms. The Kier molecular flexibility index (Phi) is 8.77. The molecule has 0 bridgehead atoms. The van der Waals surface area contributed by atoms with Gasteiger partial charge in [0.05, 0.1) is 5.75 Å². The summed E-state index contributed by atoms with van der Waals surface area (Å²) in [5, 5.41) is 3.04. The Labute approximate surface area is 179 Å². The predicted octanol–water partition coefficient (Wildman–Crippen LogP) is 4.54. The predicted molar refractivity (Wildman–Crippen MR) is 121 cm³/mol. The van der Waals surface area contributed by atoms with Crippen LogP contribution in [0.4, 0.5) is 0 Å². The highest BCUT2D eigenvalue weighted by Gasteiger charge is 2.30. The van der Waals surface area contributed by atoms with E-state index < -0.39 is 6.04 Å². The summed E-state index contributed by atoms with van der Waals surface area (Å²) in [6.45, 7) is 8.35. The maximum Gasteiger partial charge on any atom is 0.243 e. The normalized spacial score (nSPS) is 12.3. The Balaban J connectivity index is 2.13. The zero-order valence-corrected chi connectivity index (χ0v) is 18.7. The number of thioether (sulfide) groups is 1. The Hall–Kier alpha value is -2.27. The molecule has 4 nitrogen and oxygen atoms in total. The molecule has 1 atom stereocenters. The van der Waals surface area contributed by atoms with Gasteiger partial charge in [0.15, 0.2) is 0 Å². The number of nitrogens with one attached hydrogen (secondary N) is 1.